The monoisotopic (exact) mass is 254 g/mol. The summed E-state index contributed by atoms with van der Waals surface area (Å²) >= 11 is 0.583. The van der Waals surface area contributed by atoms with E-state index in [-0.39, 0.29) is 4.88 Å². The molecule has 0 aliphatic heterocycles. The van der Waals surface area contributed by atoms with Gasteiger partial charge in [0.05, 0.1) is 18.8 Å². The van der Waals surface area contributed by atoms with Crippen LogP contribution in [0.4, 0.5) is 13.2 Å². The van der Waals surface area contributed by atoms with Crippen LogP contribution in [0, 0.1) is 0 Å². The molecule has 1 rings (SSSR count). The van der Waals surface area contributed by atoms with Crippen LogP contribution in [0.15, 0.2) is 6.07 Å². The molecule has 3 nitrogen and oxygen atoms in total. The molecule has 0 spiro atoms. The van der Waals surface area contributed by atoms with Crippen molar-refractivity contribution in [3.8, 4) is 0 Å². The molecule has 1 unspecified atom stereocenters. The second kappa shape index (κ2) is 4.42. The number of rotatable bonds is 2. The molecule has 0 aliphatic rings. The Morgan fingerprint density at radius 3 is 2.50 bits per heavy atom. The van der Waals surface area contributed by atoms with E-state index < -0.39 is 28.7 Å². The van der Waals surface area contributed by atoms with E-state index in [0.29, 0.717) is 11.3 Å². The molecule has 0 amide bonds. The van der Waals surface area contributed by atoms with Gasteiger partial charge in [-0.25, -0.2) is 4.79 Å². The third kappa shape index (κ3) is 2.53. The summed E-state index contributed by atoms with van der Waals surface area (Å²) in [7, 11) is 1.00. The summed E-state index contributed by atoms with van der Waals surface area (Å²) in [4.78, 5) is 10.7. The van der Waals surface area contributed by atoms with E-state index in [1.807, 2.05) is 0 Å². The standard InChI is InChI=1S/C9H9F3O3S/c1-4(13)6-3-5(9(10,11)12)7(16-6)8(14)15-2/h3-4,13H,1-2H3. The summed E-state index contributed by atoms with van der Waals surface area (Å²) in [6, 6.07) is 0.765. The van der Waals surface area contributed by atoms with Gasteiger partial charge in [0, 0.05) is 4.88 Å². The predicted molar refractivity (Wildman–Crippen MR) is 51.3 cm³/mol. The quantitative estimate of drug-likeness (QED) is 0.825. The highest BCUT2D eigenvalue weighted by molar-refractivity contribution is 7.14. The topological polar surface area (TPSA) is 46.5 Å². The Hall–Kier alpha value is -1.08. The summed E-state index contributed by atoms with van der Waals surface area (Å²) in [6.45, 7) is 1.33. The lowest BCUT2D eigenvalue weighted by atomic mass is 10.2. The fraction of sp³-hybridized carbons (Fsp3) is 0.444. The van der Waals surface area contributed by atoms with Gasteiger partial charge >= 0.3 is 12.1 Å². The van der Waals surface area contributed by atoms with Crippen molar-refractivity contribution < 1.29 is 27.8 Å². The van der Waals surface area contributed by atoms with Crippen LogP contribution in [0.5, 0.6) is 0 Å². The Kier molecular flexibility index (Phi) is 3.59. The first kappa shape index (κ1) is 13.0. The van der Waals surface area contributed by atoms with Gasteiger partial charge in [0.25, 0.3) is 0 Å². The minimum absolute atomic E-state index is 0.0766. The predicted octanol–water partition coefficient (Wildman–Crippen LogP) is 2.61. The largest absolute Gasteiger partial charge is 0.465 e. The highest BCUT2D eigenvalue weighted by Crippen LogP contribution is 2.38. The third-order valence-corrected chi connectivity index (χ3v) is 3.12. The molecule has 1 aromatic heterocycles. The van der Waals surface area contributed by atoms with Crippen molar-refractivity contribution >= 4 is 17.3 Å². The normalized spacial score (nSPS) is 13.6. The van der Waals surface area contributed by atoms with Crippen molar-refractivity contribution in [3.63, 3.8) is 0 Å². The van der Waals surface area contributed by atoms with E-state index >= 15 is 0 Å². The van der Waals surface area contributed by atoms with E-state index in [1.54, 1.807) is 0 Å². The van der Waals surface area contributed by atoms with E-state index in [0.717, 1.165) is 13.2 Å². The van der Waals surface area contributed by atoms with Crippen molar-refractivity contribution in [2.75, 3.05) is 7.11 Å². The number of carbonyl (C=O) groups is 1. The Bertz CT molecular complexity index is 395. The summed E-state index contributed by atoms with van der Waals surface area (Å²) in [5.41, 5.74) is -1.07. The van der Waals surface area contributed by atoms with Crippen LogP contribution in [-0.2, 0) is 10.9 Å². The number of hydrogen-bond donors (Lipinski definition) is 1. The van der Waals surface area contributed by atoms with Crippen molar-refractivity contribution in [2.24, 2.45) is 0 Å². The van der Waals surface area contributed by atoms with Crippen LogP contribution in [0.3, 0.4) is 0 Å². The molecule has 16 heavy (non-hydrogen) atoms. The van der Waals surface area contributed by atoms with Crippen LogP contribution in [0.2, 0.25) is 0 Å². The maximum Gasteiger partial charge on any atom is 0.418 e. The van der Waals surface area contributed by atoms with Crippen LogP contribution in [0.1, 0.15) is 33.1 Å². The van der Waals surface area contributed by atoms with Gasteiger partial charge in [0.2, 0.25) is 0 Å². The zero-order valence-electron chi connectivity index (χ0n) is 8.46. The van der Waals surface area contributed by atoms with Gasteiger partial charge in [-0.1, -0.05) is 0 Å². The van der Waals surface area contributed by atoms with Gasteiger partial charge < -0.3 is 9.84 Å². The highest BCUT2D eigenvalue weighted by Gasteiger charge is 2.38. The number of alkyl halides is 3. The fourth-order valence-electron chi connectivity index (χ4n) is 1.07. The maximum atomic E-state index is 12.5. The van der Waals surface area contributed by atoms with Gasteiger partial charge in [-0.2, -0.15) is 13.2 Å². The number of aliphatic hydroxyl groups is 1. The van der Waals surface area contributed by atoms with Crippen molar-refractivity contribution in [1.29, 1.82) is 0 Å². The molecule has 0 saturated carbocycles. The van der Waals surface area contributed by atoms with Gasteiger partial charge in [-0.15, -0.1) is 11.3 Å². The van der Waals surface area contributed by atoms with E-state index in [1.165, 1.54) is 6.92 Å². The van der Waals surface area contributed by atoms with Gasteiger partial charge in [-0.3, -0.25) is 0 Å². The molecule has 0 fully saturated rings. The summed E-state index contributed by atoms with van der Waals surface area (Å²) in [6.07, 6.45) is -5.68. The Morgan fingerprint density at radius 2 is 2.12 bits per heavy atom. The van der Waals surface area contributed by atoms with E-state index in [9.17, 15) is 23.1 Å². The molecule has 1 heterocycles. The van der Waals surface area contributed by atoms with Crippen molar-refractivity contribution in [2.45, 2.75) is 19.2 Å². The summed E-state index contributed by atoms with van der Waals surface area (Å²) in [5, 5.41) is 9.17. The molecule has 0 radical (unpaired) electrons. The fourth-order valence-corrected chi connectivity index (χ4v) is 2.11. The molecule has 0 saturated heterocycles. The zero-order valence-corrected chi connectivity index (χ0v) is 9.28. The first-order chi connectivity index (χ1) is 7.27. The molecular formula is C9H9F3O3S. The SMILES string of the molecule is COC(=O)c1sc(C(C)O)cc1C(F)(F)F. The number of aliphatic hydroxyl groups excluding tert-OH is 1. The van der Waals surface area contributed by atoms with Crippen LogP contribution in [0.25, 0.3) is 0 Å². The molecule has 0 aliphatic carbocycles. The number of ether oxygens (including phenoxy) is 1. The molecule has 0 aromatic carbocycles. The molecule has 7 heteroatoms. The second-order valence-corrected chi connectivity index (χ2v) is 4.14. The van der Waals surface area contributed by atoms with Crippen molar-refractivity contribution in [1.82, 2.24) is 0 Å². The molecule has 1 atom stereocenters. The number of esters is 1. The van der Waals surface area contributed by atoms with E-state index in [4.69, 9.17) is 0 Å². The van der Waals surface area contributed by atoms with Gasteiger partial charge in [0.15, 0.2) is 0 Å². The Labute approximate surface area is 93.5 Å². The zero-order chi connectivity index (χ0) is 12.5. The lowest BCUT2D eigenvalue weighted by molar-refractivity contribution is -0.137. The summed E-state index contributed by atoms with van der Waals surface area (Å²) in [5.74, 6) is -1.05. The molecule has 1 N–H and O–H groups in total. The number of thiophene rings is 1. The average molecular weight is 254 g/mol. The first-order valence-electron chi connectivity index (χ1n) is 4.24. The summed E-state index contributed by atoms with van der Waals surface area (Å²) < 4.78 is 41.9. The van der Waals surface area contributed by atoms with Crippen molar-refractivity contribution in [3.05, 3.63) is 21.4 Å². The first-order valence-corrected chi connectivity index (χ1v) is 5.06. The number of methoxy groups -OCH3 is 1. The lowest BCUT2D eigenvalue weighted by Crippen LogP contribution is -2.10. The van der Waals surface area contributed by atoms with Crippen LogP contribution < -0.4 is 0 Å². The molecular weight excluding hydrogens is 245 g/mol. The smallest absolute Gasteiger partial charge is 0.418 e. The number of carbonyl (C=O) groups excluding carboxylic acids is 1. The third-order valence-electron chi connectivity index (χ3n) is 1.84. The second-order valence-electron chi connectivity index (χ2n) is 3.06. The van der Waals surface area contributed by atoms with Crippen LogP contribution in [-0.4, -0.2) is 18.2 Å². The Balaban J connectivity index is 3.29. The molecule has 0 bridgehead atoms. The van der Waals surface area contributed by atoms with E-state index in [2.05, 4.69) is 4.74 Å². The minimum Gasteiger partial charge on any atom is -0.465 e. The number of hydrogen-bond acceptors (Lipinski definition) is 4. The maximum absolute atomic E-state index is 12.5. The number of halogens is 3. The molecule has 90 valence electrons. The average Bonchev–Trinajstić information content (AvgIpc) is 2.60. The Morgan fingerprint density at radius 1 is 1.56 bits per heavy atom. The van der Waals surface area contributed by atoms with Gasteiger partial charge in [0.1, 0.15) is 4.88 Å². The van der Waals surface area contributed by atoms with Crippen LogP contribution >= 0.6 is 11.3 Å². The van der Waals surface area contributed by atoms with Gasteiger partial charge in [-0.05, 0) is 13.0 Å². The lowest BCUT2D eigenvalue weighted by Gasteiger charge is -2.05. The molecule has 1 aromatic rings. The minimum atomic E-state index is -4.63. The highest BCUT2D eigenvalue weighted by atomic mass is 32.1.